The van der Waals surface area contributed by atoms with Gasteiger partial charge in [-0.15, -0.1) is 12.4 Å². The van der Waals surface area contributed by atoms with Crippen molar-refractivity contribution in [3.63, 3.8) is 0 Å². The first-order chi connectivity index (χ1) is 9.44. The molecule has 1 saturated carbocycles. The highest BCUT2D eigenvalue weighted by Gasteiger charge is 2.39. The van der Waals surface area contributed by atoms with Crippen LogP contribution in [0.4, 0.5) is 0 Å². The highest BCUT2D eigenvalue weighted by molar-refractivity contribution is 5.85. The molecule has 21 heavy (non-hydrogen) atoms. The average Bonchev–Trinajstić information content (AvgIpc) is 2.45. The van der Waals surface area contributed by atoms with E-state index in [1.54, 1.807) is 13.8 Å². The molecule has 124 valence electrons. The van der Waals surface area contributed by atoms with Crippen LogP contribution < -0.4 is 11.1 Å². The van der Waals surface area contributed by atoms with Gasteiger partial charge in [0.1, 0.15) is 0 Å². The van der Waals surface area contributed by atoms with E-state index in [-0.39, 0.29) is 23.9 Å². The summed E-state index contributed by atoms with van der Waals surface area (Å²) >= 11 is 0. The van der Waals surface area contributed by atoms with E-state index in [2.05, 4.69) is 10.2 Å². The molecule has 2 rings (SSSR count). The Kier molecular flexibility index (Phi) is 6.91. The standard InChI is InChI=1S/C15H29N3O2.ClH/c1-14(2,16)13(19)17-12-15(6-4-3-5-7-15)18-8-10-20-11-9-18;/h3-12,16H2,1-2H3,(H,17,19);1H. The number of nitrogens with zero attached hydrogens (tertiary/aromatic N) is 1. The van der Waals surface area contributed by atoms with Gasteiger partial charge < -0.3 is 15.8 Å². The second kappa shape index (κ2) is 7.77. The maximum atomic E-state index is 12.1. The Morgan fingerprint density at radius 1 is 1.24 bits per heavy atom. The molecule has 1 saturated heterocycles. The first-order valence-electron chi connectivity index (χ1n) is 7.84. The molecule has 3 N–H and O–H groups in total. The van der Waals surface area contributed by atoms with Crippen molar-refractivity contribution in [2.75, 3.05) is 32.8 Å². The van der Waals surface area contributed by atoms with Gasteiger partial charge in [0.2, 0.25) is 5.91 Å². The van der Waals surface area contributed by atoms with Gasteiger partial charge in [0.05, 0.1) is 18.8 Å². The van der Waals surface area contributed by atoms with Crippen molar-refractivity contribution in [3.05, 3.63) is 0 Å². The summed E-state index contributed by atoms with van der Waals surface area (Å²) in [6, 6.07) is 0. The smallest absolute Gasteiger partial charge is 0.239 e. The molecular formula is C15H30ClN3O2. The number of rotatable bonds is 4. The number of amides is 1. The molecule has 0 spiro atoms. The maximum Gasteiger partial charge on any atom is 0.239 e. The number of carbonyl (C=O) groups is 1. The van der Waals surface area contributed by atoms with Crippen molar-refractivity contribution in [2.45, 2.75) is 57.0 Å². The number of halogens is 1. The SMILES string of the molecule is CC(C)(N)C(=O)NCC1(N2CCOCC2)CCCCC1.Cl. The van der Waals surface area contributed by atoms with Gasteiger partial charge in [0.15, 0.2) is 0 Å². The summed E-state index contributed by atoms with van der Waals surface area (Å²) in [5.74, 6) is -0.0595. The molecule has 0 aromatic heterocycles. The van der Waals surface area contributed by atoms with E-state index >= 15 is 0 Å². The molecule has 5 nitrogen and oxygen atoms in total. The fourth-order valence-corrected chi connectivity index (χ4v) is 3.33. The summed E-state index contributed by atoms with van der Waals surface area (Å²) in [6.45, 7) is 7.78. The Bertz CT molecular complexity index is 332. The Morgan fingerprint density at radius 2 is 1.81 bits per heavy atom. The summed E-state index contributed by atoms with van der Waals surface area (Å²) in [6.07, 6.45) is 6.14. The Hall–Kier alpha value is -0.360. The van der Waals surface area contributed by atoms with E-state index in [1.807, 2.05) is 0 Å². The maximum absolute atomic E-state index is 12.1. The van der Waals surface area contributed by atoms with Crippen molar-refractivity contribution in [1.29, 1.82) is 0 Å². The van der Waals surface area contributed by atoms with E-state index in [0.717, 1.165) is 39.1 Å². The molecular weight excluding hydrogens is 290 g/mol. The highest BCUT2D eigenvalue weighted by Crippen LogP contribution is 2.33. The van der Waals surface area contributed by atoms with Crippen molar-refractivity contribution in [3.8, 4) is 0 Å². The van der Waals surface area contributed by atoms with Crippen LogP contribution >= 0.6 is 12.4 Å². The molecule has 1 aliphatic heterocycles. The van der Waals surface area contributed by atoms with Gasteiger partial charge in [-0.05, 0) is 26.7 Å². The van der Waals surface area contributed by atoms with Crippen LogP contribution in [0.2, 0.25) is 0 Å². The molecule has 0 atom stereocenters. The predicted octanol–water partition coefficient (Wildman–Crippen LogP) is 1.30. The summed E-state index contributed by atoms with van der Waals surface area (Å²) in [5, 5.41) is 3.08. The molecule has 6 heteroatoms. The zero-order valence-corrected chi connectivity index (χ0v) is 14.1. The number of hydrogen-bond donors (Lipinski definition) is 2. The lowest BCUT2D eigenvalue weighted by Crippen LogP contribution is -2.61. The topological polar surface area (TPSA) is 67.6 Å². The minimum atomic E-state index is -0.805. The number of nitrogens with one attached hydrogen (secondary N) is 1. The summed E-state index contributed by atoms with van der Waals surface area (Å²) in [7, 11) is 0. The first-order valence-corrected chi connectivity index (χ1v) is 7.84. The molecule has 0 radical (unpaired) electrons. The van der Waals surface area contributed by atoms with E-state index in [9.17, 15) is 4.79 Å². The minimum absolute atomic E-state index is 0. The zero-order valence-electron chi connectivity index (χ0n) is 13.3. The zero-order chi connectivity index (χ0) is 14.6. The fourth-order valence-electron chi connectivity index (χ4n) is 3.33. The number of hydrogen-bond acceptors (Lipinski definition) is 4. The molecule has 1 amide bonds. The number of nitrogens with two attached hydrogens (primary N) is 1. The van der Waals surface area contributed by atoms with Gasteiger partial charge in [0.25, 0.3) is 0 Å². The largest absolute Gasteiger partial charge is 0.379 e. The molecule has 2 fully saturated rings. The number of morpholine rings is 1. The van der Waals surface area contributed by atoms with Crippen molar-refractivity contribution >= 4 is 18.3 Å². The van der Waals surface area contributed by atoms with Gasteiger partial charge in [-0.25, -0.2) is 0 Å². The third-order valence-corrected chi connectivity index (χ3v) is 4.63. The van der Waals surface area contributed by atoms with Crippen LogP contribution in [0.5, 0.6) is 0 Å². The third kappa shape index (κ3) is 4.81. The van der Waals surface area contributed by atoms with Gasteiger partial charge in [-0.3, -0.25) is 9.69 Å². The Labute approximate surface area is 134 Å². The van der Waals surface area contributed by atoms with E-state index in [1.165, 1.54) is 19.3 Å². The summed E-state index contributed by atoms with van der Waals surface area (Å²) in [4.78, 5) is 14.6. The Morgan fingerprint density at radius 3 is 2.33 bits per heavy atom. The molecule has 0 unspecified atom stereocenters. The van der Waals surface area contributed by atoms with Crippen LogP contribution in [0.15, 0.2) is 0 Å². The van der Waals surface area contributed by atoms with E-state index in [4.69, 9.17) is 10.5 Å². The predicted molar refractivity (Wildman–Crippen MR) is 86.7 cm³/mol. The summed E-state index contributed by atoms with van der Waals surface area (Å²) in [5.41, 5.74) is 5.18. The number of ether oxygens (including phenoxy) is 1. The lowest BCUT2D eigenvalue weighted by atomic mass is 9.79. The van der Waals surface area contributed by atoms with Gasteiger partial charge in [0, 0.05) is 25.2 Å². The van der Waals surface area contributed by atoms with Crippen LogP contribution in [0, 0.1) is 0 Å². The molecule has 2 aliphatic rings. The van der Waals surface area contributed by atoms with E-state index < -0.39 is 5.54 Å². The van der Waals surface area contributed by atoms with Crippen molar-refractivity contribution in [1.82, 2.24) is 10.2 Å². The average molecular weight is 320 g/mol. The van der Waals surface area contributed by atoms with Crippen molar-refractivity contribution in [2.24, 2.45) is 5.73 Å². The minimum Gasteiger partial charge on any atom is -0.379 e. The fraction of sp³-hybridized carbons (Fsp3) is 0.933. The van der Waals surface area contributed by atoms with E-state index in [0.29, 0.717) is 6.54 Å². The first kappa shape index (κ1) is 18.7. The van der Waals surface area contributed by atoms with Gasteiger partial charge in [-0.1, -0.05) is 19.3 Å². The lowest BCUT2D eigenvalue weighted by Gasteiger charge is -2.48. The normalized spacial score (nSPS) is 23.2. The molecule has 0 bridgehead atoms. The third-order valence-electron chi connectivity index (χ3n) is 4.63. The van der Waals surface area contributed by atoms with Crippen LogP contribution in [0.1, 0.15) is 46.0 Å². The second-order valence-electron chi connectivity index (χ2n) is 6.79. The van der Waals surface area contributed by atoms with Crippen molar-refractivity contribution < 1.29 is 9.53 Å². The molecule has 0 aromatic carbocycles. The van der Waals surface area contributed by atoms with Gasteiger partial charge >= 0.3 is 0 Å². The molecule has 1 aliphatic carbocycles. The molecule has 1 heterocycles. The lowest BCUT2D eigenvalue weighted by molar-refractivity contribution is -0.126. The Balaban J connectivity index is 0.00000220. The van der Waals surface area contributed by atoms with Crippen LogP contribution in [-0.2, 0) is 9.53 Å². The molecule has 0 aromatic rings. The highest BCUT2D eigenvalue weighted by atomic mass is 35.5. The van der Waals surface area contributed by atoms with Gasteiger partial charge in [-0.2, -0.15) is 0 Å². The number of carbonyl (C=O) groups excluding carboxylic acids is 1. The van der Waals surface area contributed by atoms with Crippen LogP contribution in [0.25, 0.3) is 0 Å². The summed E-state index contributed by atoms with van der Waals surface area (Å²) < 4.78 is 5.47. The second-order valence-corrected chi connectivity index (χ2v) is 6.79. The van der Waals surface area contributed by atoms with Crippen LogP contribution in [0.3, 0.4) is 0 Å². The van der Waals surface area contributed by atoms with Crippen LogP contribution in [-0.4, -0.2) is 54.7 Å². The quantitative estimate of drug-likeness (QED) is 0.819. The monoisotopic (exact) mass is 319 g/mol.